The van der Waals surface area contributed by atoms with Gasteiger partial charge in [-0.3, -0.25) is 0 Å². The average Bonchev–Trinajstić information content (AvgIpc) is 3.73. The van der Waals surface area contributed by atoms with Crippen molar-refractivity contribution in [1.82, 2.24) is 4.57 Å². The summed E-state index contributed by atoms with van der Waals surface area (Å²) >= 11 is 0. The third kappa shape index (κ3) is 4.02. The molecule has 10 aromatic rings. The van der Waals surface area contributed by atoms with Crippen LogP contribution in [0.3, 0.4) is 0 Å². The minimum atomic E-state index is 0.912. The van der Waals surface area contributed by atoms with Gasteiger partial charge < -0.3 is 8.98 Å². The van der Waals surface area contributed by atoms with Crippen LogP contribution in [-0.2, 0) is 6.42 Å². The summed E-state index contributed by atoms with van der Waals surface area (Å²) in [5.41, 5.74) is 10.8. The molecule has 2 heterocycles. The van der Waals surface area contributed by atoms with Gasteiger partial charge in [0.15, 0.2) is 0 Å². The molecule has 234 valence electrons. The molecule has 0 atom stereocenters. The lowest BCUT2D eigenvalue weighted by molar-refractivity contribution is 0.548. The van der Waals surface area contributed by atoms with Crippen LogP contribution >= 0.6 is 0 Å². The summed E-state index contributed by atoms with van der Waals surface area (Å²) in [4.78, 5) is 0. The standard InChI is InChI=1S/C48H31NO/c1-2-14-37-35(12-1)36-13-3-4-15-38(36)43-27-31(20-23-39(37)43)30-10-9-11-34(26-30)49-45-18-7-5-16-40(45)41-24-21-33(29-46(41)49)32-22-25-48-44(28-32)42-17-6-8-19-47(42)50-48/h1-21,23-24,26-29H,22,25H2. The highest BCUT2D eigenvalue weighted by atomic mass is 16.3. The second kappa shape index (κ2) is 10.6. The zero-order valence-corrected chi connectivity index (χ0v) is 27.4. The van der Waals surface area contributed by atoms with E-state index < -0.39 is 0 Å². The average molecular weight is 638 g/mol. The van der Waals surface area contributed by atoms with E-state index in [2.05, 4.69) is 162 Å². The zero-order valence-electron chi connectivity index (χ0n) is 27.4. The minimum Gasteiger partial charge on any atom is -0.460 e. The largest absolute Gasteiger partial charge is 0.460 e. The summed E-state index contributed by atoms with van der Waals surface area (Å²) < 4.78 is 8.67. The SMILES string of the molecule is C1=C(c2ccc3c4ccccc4n(-c4cccc(-c5ccc6c7ccccc7c7ccccc7c6c5)c4)c3c2)CCc2oc3ccccc3c21. The Morgan fingerprint density at radius 1 is 0.400 bits per heavy atom. The number of rotatable bonds is 3. The predicted octanol–water partition coefficient (Wildman–Crippen LogP) is 13.1. The predicted molar refractivity (Wildman–Crippen MR) is 211 cm³/mol. The van der Waals surface area contributed by atoms with E-state index in [4.69, 9.17) is 4.42 Å². The van der Waals surface area contributed by atoms with Crippen LogP contribution < -0.4 is 0 Å². The van der Waals surface area contributed by atoms with Gasteiger partial charge in [0.05, 0.1) is 11.0 Å². The quantitative estimate of drug-likeness (QED) is 0.176. The van der Waals surface area contributed by atoms with Gasteiger partial charge in [0.2, 0.25) is 0 Å². The van der Waals surface area contributed by atoms with E-state index in [0.717, 1.165) is 29.9 Å². The Morgan fingerprint density at radius 2 is 1.00 bits per heavy atom. The number of benzene rings is 8. The zero-order chi connectivity index (χ0) is 32.8. The van der Waals surface area contributed by atoms with Crippen molar-refractivity contribution < 1.29 is 4.42 Å². The molecule has 2 heteroatoms. The topological polar surface area (TPSA) is 18.1 Å². The van der Waals surface area contributed by atoms with Crippen molar-refractivity contribution in [3.63, 3.8) is 0 Å². The second-order valence-corrected chi connectivity index (χ2v) is 13.6. The van der Waals surface area contributed by atoms with Crippen LogP contribution in [0.1, 0.15) is 23.3 Å². The van der Waals surface area contributed by atoms with E-state index >= 15 is 0 Å². The van der Waals surface area contributed by atoms with Gasteiger partial charge in [0.25, 0.3) is 0 Å². The first kappa shape index (κ1) is 27.6. The molecule has 8 aromatic carbocycles. The third-order valence-electron chi connectivity index (χ3n) is 10.9. The highest BCUT2D eigenvalue weighted by molar-refractivity contribution is 6.25. The van der Waals surface area contributed by atoms with E-state index in [-0.39, 0.29) is 0 Å². The Hall–Kier alpha value is -6.38. The maximum atomic E-state index is 6.22. The van der Waals surface area contributed by atoms with Gasteiger partial charge in [0.1, 0.15) is 11.3 Å². The maximum Gasteiger partial charge on any atom is 0.134 e. The molecule has 0 radical (unpaired) electrons. The number of para-hydroxylation sites is 2. The molecule has 1 aliphatic carbocycles. The summed E-state index contributed by atoms with van der Waals surface area (Å²) in [6, 6.07) is 57.8. The molecule has 0 spiro atoms. The highest BCUT2D eigenvalue weighted by Gasteiger charge is 2.20. The molecule has 0 aliphatic heterocycles. The van der Waals surface area contributed by atoms with E-state index in [1.54, 1.807) is 0 Å². The van der Waals surface area contributed by atoms with Crippen molar-refractivity contribution in [2.24, 2.45) is 0 Å². The van der Waals surface area contributed by atoms with E-state index in [0.29, 0.717) is 0 Å². The molecule has 0 bridgehead atoms. The number of nitrogens with zero attached hydrogens (tertiary/aromatic N) is 1. The second-order valence-electron chi connectivity index (χ2n) is 13.6. The number of allylic oxidation sites excluding steroid dienone is 1. The molecular formula is C48H31NO. The van der Waals surface area contributed by atoms with Crippen molar-refractivity contribution in [2.45, 2.75) is 12.8 Å². The van der Waals surface area contributed by atoms with Gasteiger partial charge in [-0.05, 0) is 103 Å². The van der Waals surface area contributed by atoms with Gasteiger partial charge >= 0.3 is 0 Å². The Labute approximate surface area is 289 Å². The van der Waals surface area contributed by atoms with Crippen LogP contribution in [0.4, 0.5) is 0 Å². The Kier molecular flexibility index (Phi) is 5.82. The smallest absolute Gasteiger partial charge is 0.134 e. The molecule has 0 fully saturated rings. The van der Waals surface area contributed by atoms with Crippen molar-refractivity contribution >= 4 is 76.7 Å². The first-order chi connectivity index (χ1) is 24.8. The van der Waals surface area contributed by atoms with Crippen LogP contribution in [0, 0.1) is 0 Å². The lowest BCUT2D eigenvalue weighted by Gasteiger charge is -2.15. The lowest BCUT2D eigenvalue weighted by atomic mass is 9.91. The number of fused-ring (bicyclic) bond motifs is 12. The molecule has 50 heavy (non-hydrogen) atoms. The molecule has 1 aliphatic rings. The number of hydrogen-bond donors (Lipinski definition) is 0. The summed E-state index contributed by atoms with van der Waals surface area (Å²) in [5, 5.41) is 11.5. The molecule has 2 nitrogen and oxygen atoms in total. The first-order valence-electron chi connectivity index (χ1n) is 17.5. The number of hydrogen-bond acceptors (Lipinski definition) is 1. The van der Waals surface area contributed by atoms with E-state index in [1.165, 1.54) is 87.3 Å². The normalized spacial score (nSPS) is 13.2. The molecule has 2 aromatic heterocycles. The van der Waals surface area contributed by atoms with Crippen molar-refractivity contribution in [2.75, 3.05) is 0 Å². The Bertz CT molecular complexity index is 3010. The Morgan fingerprint density at radius 3 is 1.80 bits per heavy atom. The van der Waals surface area contributed by atoms with Crippen molar-refractivity contribution in [3.8, 4) is 16.8 Å². The molecule has 11 rings (SSSR count). The highest BCUT2D eigenvalue weighted by Crippen LogP contribution is 2.41. The third-order valence-corrected chi connectivity index (χ3v) is 10.9. The first-order valence-corrected chi connectivity index (χ1v) is 17.5. The maximum absolute atomic E-state index is 6.22. The number of furan rings is 1. The fourth-order valence-corrected chi connectivity index (χ4v) is 8.54. The van der Waals surface area contributed by atoms with Crippen LogP contribution in [0.15, 0.2) is 162 Å². The Balaban J connectivity index is 1.08. The summed E-state index contributed by atoms with van der Waals surface area (Å²) in [6.45, 7) is 0. The van der Waals surface area contributed by atoms with E-state index in [9.17, 15) is 0 Å². The molecule has 0 N–H and O–H groups in total. The summed E-state index contributed by atoms with van der Waals surface area (Å²) in [6.07, 6.45) is 4.22. The van der Waals surface area contributed by atoms with Crippen molar-refractivity contribution in [3.05, 3.63) is 175 Å². The number of aryl methyl sites for hydroxylation is 1. The molecule has 0 amide bonds. The summed E-state index contributed by atoms with van der Waals surface area (Å²) in [5.74, 6) is 1.09. The summed E-state index contributed by atoms with van der Waals surface area (Å²) in [7, 11) is 0. The van der Waals surface area contributed by atoms with Crippen LogP contribution in [0.2, 0.25) is 0 Å². The van der Waals surface area contributed by atoms with Gasteiger partial charge in [0, 0.05) is 33.8 Å². The molecule has 0 saturated carbocycles. The van der Waals surface area contributed by atoms with Crippen molar-refractivity contribution in [1.29, 1.82) is 0 Å². The van der Waals surface area contributed by atoms with Crippen LogP contribution in [-0.4, -0.2) is 4.57 Å². The van der Waals surface area contributed by atoms with Crippen LogP contribution in [0.25, 0.3) is 93.6 Å². The van der Waals surface area contributed by atoms with Gasteiger partial charge in [-0.15, -0.1) is 0 Å². The van der Waals surface area contributed by atoms with Gasteiger partial charge in [-0.1, -0.05) is 121 Å². The number of aromatic nitrogens is 1. The lowest BCUT2D eigenvalue weighted by Crippen LogP contribution is -1.98. The molecular weight excluding hydrogens is 607 g/mol. The minimum absolute atomic E-state index is 0.912. The molecule has 0 unspecified atom stereocenters. The monoisotopic (exact) mass is 637 g/mol. The molecule has 0 saturated heterocycles. The van der Waals surface area contributed by atoms with Gasteiger partial charge in [-0.25, -0.2) is 0 Å². The fraction of sp³-hybridized carbons (Fsp3) is 0.0417. The fourth-order valence-electron chi connectivity index (χ4n) is 8.54. The van der Waals surface area contributed by atoms with Crippen LogP contribution in [0.5, 0.6) is 0 Å². The van der Waals surface area contributed by atoms with Gasteiger partial charge in [-0.2, -0.15) is 0 Å². The van der Waals surface area contributed by atoms with E-state index in [1.807, 2.05) is 6.07 Å².